The Morgan fingerprint density at radius 2 is 2.12 bits per heavy atom. The van der Waals surface area contributed by atoms with E-state index in [9.17, 15) is 0 Å². The minimum Gasteiger partial charge on any atom is -0.344 e. The van der Waals surface area contributed by atoms with Gasteiger partial charge in [0.2, 0.25) is 6.49 Å². The van der Waals surface area contributed by atoms with Gasteiger partial charge in [0.05, 0.1) is 5.78 Å². The van der Waals surface area contributed by atoms with Crippen LogP contribution in [0.2, 0.25) is 0 Å². The molecule has 3 nitrogen and oxygen atoms in total. The molecule has 8 heavy (non-hydrogen) atoms. The molecule has 1 unspecified atom stereocenters. The summed E-state index contributed by atoms with van der Waals surface area (Å²) in [7, 11) is 0. The van der Waals surface area contributed by atoms with Crippen molar-refractivity contribution in [2.24, 2.45) is 5.73 Å². The lowest BCUT2D eigenvalue weighted by Gasteiger charge is -2.10. The zero-order chi connectivity index (χ0) is 6.78. The second-order valence-electron chi connectivity index (χ2n) is 1.32. The van der Waals surface area contributed by atoms with Crippen LogP contribution in [0.5, 0.6) is 0 Å². The highest BCUT2D eigenvalue weighted by molar-refractivity contribution is 8.09. The maximum absolute atomic E-state index is 8.57. The highest BCUT2D eigenvalue weighted by Gasteiger charge is 2.14. The van der Waals surface area contributed by atoms with E-state index in [2.05, 4.69) is 18.4 Å². The summed E-state index contributed by atoms with van der Waals surface area (Å²) in [6.45, 7) is -0.0205. The molecule has 0 heterocycles. The van der Waals surface area contributed by atoms with Crippen molar-refractivity contribution >= 4 is 18.3 Å². The van der Waals surface area contributed by atoms with Crippen LogP contribution in [0.4, 0.5) is 0 Å². The first-order chi connectivity index (χ1) is 3.48. The number of nitrogens with two attached hydrogens (primary N) is 1. The first-order valence-corrected chi connectivity index (χ1v) is 4.69. The second-order valence-corrected chi connectivity index (χ2v) is 4.70. The van der Waals surface area contributed by atoms with Gasteiger partial charge in [0.15, 0.2) is 0 Å². The van der Waals surface area contributed by atoms with Gasteiger partial charge >= 0.3 is 0 Å². The largest absolute Gasteiger partial charge is 0.344 e. The lowest BCUT2D eigenvalue weighted by molar-refractivity contribution is 0.470. The summed E-state index contributed by atoms with van der Waals surface area (Å²) in [4.78, 5) is 17.1. The molecule has 0 saturated heterocycles. The van der Waals surface area contributed by atoms with E-state index in [1.165, 1.54) is 6.08 Å². The van der Waals surface area contributed by atoms with Crippen molar-refractivity contribution in [3.05, 3.63) is 12.7 Å². The van der Waals surface area contributed by atoms with Gasteiger partial charge in [-0.05, 0) is 11.8 Å². The Kier molecular flexibility index (Phi) is 2.80. The van der Waals surface area contributed by atoms with Crippen molar-refractivity contribution in [1.82, 2.24) is 0 Å². The van der Waals surface area contributed by atoms with Crippen molar-refractivity contribution in [2.75, 3.05) is 0 Å². The Bertz CT molecular complexity index is 131. The minimum atomic E-state index is -3.26. The van der Waals surface area contributed by atoms with Crippen LogP contribution in [-0.4, -0.2) is 15.6 Å². The zero-order valence-electron chi connectivity index (χ0n) is 4.19. The summed E-state index contributed by atoms with van der Waals surface area (Å²) < 4.78 is 0. The number of rotatable bonds is 2. The van der Waals surface area contributed by atoms with Gasteiger partial charge in [-0.2, -0.15) is 0 Å². The molecule has 0 aliphatic carbocycles. The van der Waals surface area contributed by atoms with Crippen molar-refractivity contribution in [3.8, 4) is 0 Å². The van der Waals surface area contributed by atoms with Gasteiger partial charge < -0.3 is 15.5 Å². The monoisotopic (exact) mass is 153 g/mol. The molecule has 48 valence electrons. The Balaban J connectivity index is 4.02. The third kappa shape index (κ3) is 2.55. The van der Waals surface area contributed by atoms with Crippen molar-refractivity contribution in [1.29, 1.82) is 0 Å². The maximum atomic E-state index is 8.57. The van der Waals surface area contributed by atoms with E-state index in [-0.39, 0.29) is 0 Å². The first kappa shape index (κ1) is 8.27. The van der Waals surface area contributed by atoms with Crippen LogP contribution in [0.15, 0.2) is 12.7 Å². The van der Waals surface area contributed by atoms with Crippen LogP contribution in [0.3, 0.4) is 0 Å². The smallest absolute Gasteiger partial charge is 0.204 e. The molecule has 0 radical (unpaired) electrons. The topological polar surface area (TPSA) is 66.5 Å². The molecule has 0 rings (SSSR count). The molecule has 5 heteroatoms. The molecule has 0 aromatic carbocycles. The highest BCUT2D eigenvalue weighted by atomic mass is 32.5. The predicted molar refractivity (Wildman–Crippen MR) is 36.9 cm³/mol. The van der Waals surface area contributed by atoms with Gasteiger partial charge in [-0.15, -0.1) is 6.58 Å². The number of hydrogen-bond donors (Lipinski definition) is 3. The normalized spacial score (nSPS) is 15.4. The molecule has 1 atom stereocenters. The highest BCUT2D eigenvalue weighted by Crippen LogP contribution is 2.38. The molecule has 0 fully saturated rings. The van der Waals surface area contributed by atoms with E-state index in [1.54, 1.807) is 0 Å². The average molecular weight is 153 g/mol. The molecular weight excluding hydrogens is 145 g/mol. The minimum absolute atomic E-state index is 0.850. The van der Waals surface area contributed by atoms with Gasteiger partial charge in [-0.1, -0.05) is 6.08 Å². The second kappa shape index (κ2) is 2.71. The Labute approximate surface area is 53.0 Å². The van der Waals surface area contributed by atoms with Crippen LogP contribution in [0, 0.1) is 0 Å². The maximum Gasteiger partial charge on any atom is 0.204 e. The third-order valence-electron chi connectivity index (χ3n) is 0.630. The van der Waals surface area contributed by atoms with Crippen LogP contribution in [-0.2, 0) is 11.8 Å². The van der Waals surface area contributed by atoms with Crippen LogP contribution in [0.25, 0.3) is 0 Å². The molecular formula is C3H8NO2PS. The zero-order valence-corrected chi connectivity index (χ0v) is 5.90. The van der Waals surface area contributed by atoms with E-state index in [0.29, 0.717) is 0 Å². The lowest BCUT2D eigenvalue weighted by Crippen LogP contribution is -2.15. The van der Waals surface area contributed by atoms with E-state index < -0.39 is 12.3 Å². The Morgan fingerprint density at radius 3 is 2.12 bits per heavy atom. The summed E-state index contributed by atoms with van der Waals surface area (Å²) in [6, 6.07) is 0. The van der Waals surface area contributed by atoms with E-state index in [1.807, 2.05) is 0 Å². The molecule has 0 aromatic rings. The van der Waals surface area contributed by atoms with Crippen molar-refractivity contribution in [3.63, 3.8) is 0 Å². The van der Waals surface area contributed by atoms with Crippen LogP contribution in [0.1, 0.15) is 0 Å². The van der Waals surface area contributed by atoms with Gasteiger partial charge in [-0.25, -0.2) is 0 Å². The summed E-state index contributed by atoms with van der Waals surface area (Å²) in [5.74, 6) is -0.850. The molecule has 0 aliphatic heterocycles. The molecule has 0 spiro atoms. The fraction of sp³-hybridized carbons (Fsp3) is 0.333. The van der Waals surface area contributed by atoms with Gasteiger partial charge in [0, 0.05) is 0 Å². The summed E-state index contributed by atoms with van der Waals surface area (Å²) in [6.07, 6.45) is 1.22. The SMILES string of the molecule is C=CC(N)P(O)(O)=S. The van der Waals surface area contributed by atoms with Crippen molar-refractivity contribution < 1.29 is 9.79 Å². The van der Waals surface area contributed by atoms with Gasteiger partial charge in [-0.3, -0.25) is 0 Å². The summed E-state index contributed by atoms with van der Waals surface area (Å²) in [5.41, 5.74) is 5.08. The van der Waals surface area contributed by atoms with Crippen LogP contribution < -0.4 is 5.73 Å². The summed E-state index contributed by atoms with van der Waals surface area (Å²) >= 11 is 4.23. The third-order valence-corrected chi connectivity index (χ3v) is 2.35. The lowest BCUT2D eigenvalue weighted by atomic mass is 10.7. The number of hydrogen-bond acceptors (Lipinski definition) is 2. The summed E-state index contributed by atoms with van der Waals surface area (Å²) in [5, 5.41) is 0. The standard InChI is InChI=1S/C3H8NO2PS/c1-2-3(4)7(5,6)8/h2-3H,1,4H2,(H2,5,6,8). The molecule has 4 N–H and O–H groups in total. The van der Waals surface area contributed by atoms with E-state index >= 15 is 0 Å². The fourth-order valence-corrected chi connectivity index (χ4v) is 0.670. The molecule has 0 bridgehead atoms. The van der Waals surface area contributed by atoms with E-state index in [0.717, 1.165) is 0 Å². The molecule has 0 aliphatic rings. The predicted octanol–water partition coefficient (Wildman–Crippen LogP) is -0.249. The van der Waals surface area contributed by atoms with Crippen molar-refractivity contribution in [2.45, 2.75) is 5.78 Å². The molecule has 0 aromatic heterocycles. The van der Waals surface area contributed by atoms with E-state index in [4.69, 9.17) is 15.5 Å². The van der Waals surface area contributed by atoms with Gasteiger partial charge in [0.1, 0.15) is 0 Å². The Hall–Kier alpha value is 0.270. The fourth-order valence-electron chi connectivity index (χ4n) is 0.137. The van der Waals surface area contributed by atoms with Gasteiger partial charge in [0.25, 0.3) is 0 Å². The average Bonchev–Trinajstić information content (AvgIpc) is 1.62. The molecule has 0 saturated carbocycles. The Morgan fingerprint density at radius 1 is 1.75 bits per heavy atom. The quantitative estimate of drug-likeness (QED) is 0.378. The molecule has 0 amide bonds. The van der Waals surface area contributed by atoms with Crippen LogP contribution >= 0.6 is 6.49 Å². The first-order valence-electron chi connectivity index (χ1n) is 1.92.